The zero-order valence-corrected chi connectivity index (χ0v) is 11.3. The average molecular weight is 265 g/mol. The summed E-state index contributed by atoms with van der Waals surface area (Å²) in [4.78, 5) is 14.0. The fourth-order valence-corrected chi connectivity index (χ4v) is 2.56. The van der Waals surface area contributed by atoms with E-state index in [0.717, 1.165) is 31.4 Å². The highest BCUT2D eigenvalue weighted by Gasteiger charge is 2.29. The fourth-order valence-electron chi connectivity index (χ4n) is 2.56. The van der Waals surface area contributed by atoms with Crippen LogP contribution in [-0.2, 0) is 16.1 Å². The van der Waals surface area contributed by atoms with E-state index in [2.05, 4.69) is 4.90 Å². The van der Waals surface area contributed by atoms with Gasteiger partial charge in [-0.05, 0) is 44.0 Å². The number of halogens is 1. The zero-order valence-electron chi connectivity index (χ0n) is 11.3. The Morgan fingerprint density at radius 2 is 2.32 bits per heavy atom. The van der Waals surface area contributed by atoms with Crippen LogP contribution < -0.4 is 0 Å². The quantitative estimate of drug-likeness (QED) is 0.784. The molecule has 1 aliphatic rings. The number of ether oxygens (including phenoxy) is 1. The lowest BCUT2D eigenvalue weighted by atomic mass is 10.0. The van der Waals surface area contributed by atoms with E-state index in [4.69, 9.17) is 4.74 Å². The molecule has 1 heterocycles. The third-order valence-electron chi connectivity index (χ3n) is 3.45. The zero-order chi connectivity index (χ0) is 13.7. The molecule has 0 aliphatic carbocycles. The maximum Gasteiger partial charge on any atom is 0.323 e. The van der Waals surface area contributed by atoms with Crippen molar-refractivity contribution in [2.24, 2.45) is 0 Å². The SMILES string of the molecule is CCOC(=O)[C@H]1CCCCN1Cc1cccc(F)c1. The van der Waals surface area contributed by atoms with Gasteiger partial charge in [0.1, 0.15) is 11.9 Å². The maximum atomic E-state index is 13.2. The van der Waals surface area contributed by atoms with Gasteiger partial charge in [-0.25, -0.2) is 4.39 Å². The molecule has 0 unspecified atom stereocenters. The average Bonchev–Trinajstić information content (AvgIpc) is 2.39. The summed E-state index contributed by atoms with van der Waals surface area (Å²) in [5.74, 6) is -0.388. The van der Waals surface area contributed by atoms with Gasteiger partial charge in [0, 0.05) is 6.54 Å². The third-order valence-corrected chi connectivity index (χ3v) is 3.45. The third kappa shape index (κ3) is 3.77. The lowest BCUT2D eigenvalue weighted by molar-refractivity contribution is -0.151. The number of esters is 1. The van der Waals surface area contributed by atoms with Crippen LogP contribution in [0, 0.1) is 5.82 Å². The van der Waals surface area contributed by atoms with Crippen LogP contribution in [0.3, 0.4) is 0 Å². The molecule has 104 valence electrons. The minimum Gasteiger partial charge on any atom is -0.465 e. The predicted octanol–water partition coefficient (Wildman–Crippen LogP) is 2.74. The van der Waals surface area contributed by atoms with Crippen molar-refractivity contribution in [3.63, 3.8) is 0 Å². The van der Waals surface area contributed by atoms with Gasteiger partial charge in [0.15, 0.2) is 0 Å². The summed E-state index contributed by atoms with van der Waals surface area (Å²) in [7, 11) is 0. The van der Waals surface area contributed by atoms with Crippen molar-refractivity contribution in [3.05, 3.63) is 35.6 Å². The van der Waals surface area contributed by atoms with Gasteiger partial charge < -0.3 is 4.74 Å². The molecule has 1 aromatic carbocycles. The molecule has 0 N–H and O–H groups in total. The molecule has 0 amide bonds. The second-order valence-corrected chi connectivity index (χ2v) is 4.86. The highest BCUT2D eigenvalue weighted by molar-refractivity contribution is 5.75. The van der Waals surface area contributed by atoms with Crippen LogP contribution in [0.4, 0.5) is 4.39 Å². The molecule has 0 saturated carbocycles. The topological polar surface area (TPSA) is 29.5 Å². The van der Waals surface area contributed by atoms with Gasteiger partial charge in [0.25, 0.3) is 0 Å². The molecule has 1 aliphatic heterocycles. The van der Waals surface area contributed by atoms with E-state index in [1.54, 1.807) is 6.07 Å². The van der Waals surface area contributed by atoms with Crippen LogP contribution in [0.25, 0.3) is 0 Å². The van der Waals surface area contributed by atoms with Crippen LogP contribution in [0.15, 0.2) is 24.3 Å². The predicted molar refractivity (Wildman–Crippen MR) is 71.1 cm³/mol. The van der Waals surface area contributed by atoms with Crippen LogP contribution in [0.1, 0.15) is 31.7 Å². The Bertz CT molecular complexity index is 436. The van der Waals surface area contributed by atoms with Gasteiger partial charge in [-0.1, -0.05) is 18.6 Å². The van der Waals surface area contributed by atoms with Crippen LogP contribution >= 0.6 is 0 Å². The van der Waals surface area contributed by atoms with Crippen molar-refractivity contribution < 1.29 is 13.9 Å². The second-order valence-electron chi connectivity index (χ2n) is 4.86. The first-order chi connectivity index (χ1) is 9.20. The maximum absolute atomic E-state index is 13.2. The van der Waals surface area contributed by atoms with Gasteiger partial charge in [0.2, 0.25) is 0 Å². The van der Waals surface area contributed by atoms with Crippen LogP contribution in [0.2, 0.25) is 0 Å². The highest BCUT2D eigenvalue weighted by atomic mass is 19.1. The Morgan fingerprint density at radius 3 is 3.05 bits per heavy atom. The Kier molecular flexibility index (Phi) is 4.91. The Labute approximate surface area is 113 Å². The number of benzene rings is 1. The lowest BCUT2D eigenvalue weighted by Gasteiger charge is -2.33. The number of hydrogen-bond acceptors (Lipinski definition) is 3. The number of likely N-dealkylation sites (tertiary alicyclic amines) is 1. The summed E-state index contributed by atoms with van der Waals surface area (Å²) in [5, 5.41) is 0. The highest BCUT2D eigenvalue weighted by Crippen LogP contribution is 2.21. The normalized spacial score (nSPS) is 20.2. The van der Waals surface area contributed by atoms with E-state index >= 15 is 0 Å². The Morgan fingerprint density at radius 1 is 1.47 bits per heavy atom. The largest absolute Gasteiger partial charge is 0.465 e. The smallest absolute Gasteiger partial charge is 0.323 e. The van der Waals surface area contributed by atoms with E-state index in [1.807, 2.05) is 13.0 Å². The standard InChI is InChI=1S/C15H20FNO2/c1-2-19-15(18)14-8-3-4-9-17(14)11-12-6-5-7-13(16)10-12/h5-7,10,14H,2-4,8-9,11H2,1H3/t14-/m1/s1. The van der Waals surface area contributed by atoms with Crippen molar-refractivity contribution in [1.29, 1.82) is 0 Å². The van der Waals surface area contributed by atoms with Gasteiger partial charge in [0.05, 0.1) is 6.61 Å². The van der Waals surface area contributed by atoms with Crippen molar-refractivity contribution in [2.45, 2.75) is 38.8 Å². The second kappa shape index (κ2) is 6.66. The summed E-state index contributed by atoms with van der Waals surface area (Å²) in [5.41, 5.74) is 0.899. The minimum absolute atomic E-state index is 0.154. The molecule has 0 bridgehead atoms. The van der Waals surface area contributed by atoms with Crippen molar-refractivity contribution in [1.82, 2.24) is 4.90 Å². The molecular weight excluding hydrogens is 245 g/mol. The first kappa shape index (κ1) is 14.0. The number of carbonyl (C=O) groups is 1. The van der Waals surface area contributed by atoms with E-state index in [9.17, 15) is 9.18 Å². The van der Waals surface area contributed by atoms with E-state index in [1.165, 1.54) is 12.1 Å². The number of rotatable bonds is 4. The molecule has 1 aromatic rings. The van der Waals surface area contributed by atoms with E-state index < -0.39 is 0 Å². The van der Waals surface area contributed by atoms with E-state index in [0.29, 0.717) is 13.2 Å². The summed E-state index contributed by atoms with van der Waals surface area (Å²) >= 11 is 0. The first-order valence-electron chi connectivity index (χ1n) is 6.86. The number of piperidine rings is 1. The molecule has 3 nitrogen and oxygen atoms in total. The number of nitrogens with zero attached hydrogens (tertiary/aromatic N) is 1. The molecule has 0 spiro atoms. The molecule has 4 heteroatoms. The van der Waals surface area contributed by atoms with E-state index in [-0.39, 0.29) is 17.8 Å². The summed E-state index contributed by atoms with van der Waals surface area (Å²) in [6.45, 7) is 3.68. The molecule has 2 rings (SSSR count). The Hall–Kier alpha value is -1.42. The molecule has 19 heavy (non-hydrogen) atoms. The summed E-state index contributed by atoms with van der Waals surface area (Å²) in [6.07, 6.45) is 2.95. The fraction of sp³-hybridized carbons (Fsp3) is 0.533. The molecule has 0 radical (unpaired) electrons. The summed E-state index contributed by atoms with van der Waals surface area (Å²) < 4.78 is 18.3. The minimum atomic E-state index is -0.234. The monoisotopic (exact) mass is 265 g/mol. The summed E-state index contributed by atoms with van der Waals surface area (Å²) in [6, 6.07) is 6.37. The molecule has 1 fully saturated rings. The first-order valence-corrected chi connectivity index (χ1v) is 6.86. The number of carbonyl (C=O) groups excluding carboxylic acids is 1. The van der Waals surface area contributed by atoms with Crippen LogP contribution in [-0.4, -0.2) is 30.1 Å². The lowest BCUT2D eigenvalue weighted by Crippen LogP contribution is -2.44. The van der Waals surface area contributed by atoms with Crippen molar-refractivity contribution in [3.8, 4) is 0 Å². The Balaban J connectivity index is 2.05. The van der Waals surface area contributed by atoms with Gasteiger partial charge >= 0.3 is 5.97 Å². The number of hydrogen-bond donors (Lipinski definition) is 0. The van der Waals surface area contributed by atoms with Crippen molar-refractivity contribution >= 4 is 5.97 Å². The van der Waals surface area contributed by atoms with Gasteiger partial charge in [-0.15, -0.1) is 0 Å². The van der Waals surface area contributed by atoms with Gasteiger partial charge in [-0.3, -0.25) is 9.69 Å². The molecule has 0 aromatic heterocycles. The molecular formula is C15H20FNO2. The van der Waals surface area contributed by atoms with Crippen molar-refractivity contribution in [2.75, 3.05) is 13.2 Å². The molecule has 1 saturated heterocycles. The van der Waals surface area contributed by atoms with Gasteiger partial charge in [-0.2, -0.15) is 0 Å². The van der Waals surface area contributed by atoms with Crippen LogP contribution in [0.5, 0.6) is 0 Å². The molecule has 1 atom stereocenters.